The summed E-state index contributed by atoms with van der Waals surface area (Å²) in [5.41, 5.74) is 1.09. The molecule has 3 aromatic rings. The Balaban J connectivity index is 1.99. The lowest BCUT2D eigenvalue weighted by molar-refractivity contribution is -0.139. The SMILES string of the molecule is CCCNC(=O)[C@@H](C)N(Cc1ccc(Br)cc1)C(=O)CN(c1ccc(Cl)cc1)S(=O)(=O)c1ccccc1. The molecule has 0 aromatic heterocycles. The summed E-state index contributed by atoms with van der Waals surface area (Å²) in [6, 6.07) is 20.7. The van der Waals surface area contributed by atoms with Crippen molar-refractivity contribution in [2.24, 2.45) is 0 Å². The van der Waals surface area contributed by atoms with Crippen molar-refractivity contribution in [3.63, 3.8) is 0 Å². The van der Waals surface area contributed by atoms with Crippen LogP contribution in [-0.2, 0) is 26.2 Å². The van der Waals surface area contributed by atoms with Crippen molar-refractivity contribution in [2.75, 3.05) is 17.4 Å². The summed E-state index contributed by atoms with van der Waals surface area (Å²) in [5.74, 6) is -0.826. The standard InChI is InChI=1S/C27H29BrClN3O4S/c1-3-17-30-27(34)20(2)31(18-21-9-11-22(28)12-10-21)26(33)19-32(24-15-13-23(29)14-16-24)37(35,36)25-7-5-4-6-8-25/h4-16,20H,3,17-19H2,1-2H3,(H,30,34)/t20-/m1/s1. The van der Waals surface area contributed by atoms with Crippen molar-refractivity contribution in [1.29, 1.82) is 0 Å². The van der Waals surface area contributed by atoms with Crippen LogP contribution in [0.2, 0.25) is 5.02 Å². The summed E-state index contributed by atoms with van der Waals surface area (Å²) < 4.78 is 29.2. The van der Waals surface area contributed by atoms with Gasteiger partial charge in [0.2, 0.25) is 11.8 Å². The number of anilines is 1. The van der Waals surface area contributed by atoms with Crippen LogP contribution in [0, 0.1) is 0 Å². The third kappa shape index (κ3) is 7.56. The van der Waals surface area contributed by atoms with Crippen molar-refractivity contribution >= 4 is 55.1 Å². The van der Waals surface area contributed by atoms with Crippen LogP contribution in [0.25, 0.3) is 0 Å². The highest BCUT2D eigenvalue weighted by molar-refractivity contribution is 9.10. The Morgan fingerprint density at radius 1 is 0.973 bits per heavy atom. The van der Waals surface area contributed by atoms with Crippen LogP contribution in [-0.4, -0.2) is 44.3 Å². The third-order valence-corrected chi connectivity index (χ3v) is 8.28. The van der Waals surface area contributed by atoms with Crippen molar-refractivity contribution in [3.8, 4) is 0 Å². The lowest BCUT2D eigenvalue weighted by atomic mass is 10.1. The van der Waals surface area contributed by atoms with Crippen molar-refractivity contribution in [3.05, 3.63) is 93.9 Å². The van der Waals surface area contributed by atoms with Gasteiger partial charge in [0.25, 0.3) is 10.0 Å². The van der Waals surface area contributed by atoms with Crippen LogP contribution in [0.3, 0.4) is 0 Å². The summed E-state index contributed by atoms with van der Waals surface area (Å²) in [4.78, 5) is 28.1. The number of carbonyl (C=O) groups is 2. The van der Waals surface area contributed by atoms with E-state index in [1.165, 1.54) is 17.0 Å². The fraction of sp³-hybridized carbons (Fsp3) is 0.259. The van der Waals surface area contributed by atoms with E-state index in [9.17, 15) is 18.0 Å². The quantitative estimate of drug-likeness (QED) is 0.323. The molecular formula is C27H29BrClN3O4S. The van der Waals surface area contributed by atoms with Crippen molar-refractivity contribution < 1.29 is 18.0 Å². The molecule has 0 aliphatic carbocycles. The Morgan fingerprint density at radius 3 is 2.19 bits per heavy atom. The Morgan fingerprint density at radius 2 is 1.59 bits per heavy atom. The maximum Gasteiger partial charge on any atom is 0.264 e. The summed E-state index contributed by atoms with van der Waals surface area (Å²) >= 11 is 9.43. The smallest absolute Gasteiger partial charge is 0.264 e. The molecule has 1 atom stereocenters. The van der Waals surface area contributed by atoms with Gasteiger partial charge in [0.15, 0.2) is 0 Å². The molecule has 196 valence electrons. The number of rotatable bonds is 11. The lowest BCUT2D eigenvalue weighted by Gasteiger charge is -2.32. The van der Waals surface area contributed by atoms with Crippen LogP contribution < -0.4 is 9.62 Å². The lowest BCUT2D eigenvalue weighted by Crippen LogP contribution is -2.51. The van der Waals surface area contributed by atoms with E-state index in [4.69, 9.17) is 11.6 Å². The minimum Gasteiger partial charge on any atom is -0.354 e. The highest BCUT2D eigenvalue weighted by Gasteiger charge is 2.32. The molecule has 0 spiro atoms. The van der Waals surface area contributed by atoms with Gasteiger partial charge in [-0.3, -0.25) is 13.9 Å². The predicted molar refractivity (Wildman–Crippen MR) is 150 cm³/mol. The number of halogens is 2. The second kappa shape index (κ2) is 13.1. The first kappa shape index (κ1) is 28.7. The summed E-state index contributed by atoms with van der Waals surface area (Å²) in [6.07, 6.45) is 0.749. The molecule has 0 heterocycles. The number of hydrogen-bond donors (Lipinski definition) is 1. The molecule has 10 heteroatoms. The molecule has 2 amide bonds. The molecule has 0 fully saturated rings. The first-order valence-corrected chi connectivity index (χ1v) is 14.4. The van der Waals surface area contributed by atoms with E-state index < -0.39 is 28.5 Å². The van der Waals surface area contributed by atoms with Crippen molar-refractivity contribution in [2.45, 2.75) is 37.8 Å². The number of carbonyl (C=O) groups excluding carboxylic acids is 2. The monoisotopic (exact) mass is 605 g/mol. The van der Waals surface area contributed by atoms with E-state index in [2.05, 4.69) is 21.2 Å². The van der Waals surface area contributed by atoms with Gasteiger partial charge >= 0.3 is 0 Å². The van der Waals surface area contributed by atoms with Gasteiger partial charge in [0, 0.05) is 22.6 Å². The van der Waals surface area contributed by atoms with Crippen LogP contribution in [0.4, 0.5) is 5.69 Å². The van der Waals surface area contributed by atoms with Gasteiger partial charge in [0.1, 0.15) is 12.6 Å². The van der Waals surface area contributed by atoms with Crippen LogP contribution in [0.5, 0.6) is 0 Å². The molecule has 7 nitrogen and oxygen atoms in total. The van der Waals surface area contributed by atoms with Crippen molar-refractivity contribution in [1.82, 2.24) is 10.2 Å². The van der Waals surface area contributed by atoms with Crippen LogP contribution in [0.15, 0.2) is 88.2 Å². The molecule has 1 N–H and O–H groups in total. The van der Waals surface area contributed by atoms with Gasteiger partial charge in [-0.25, -0.2) is 8.42 Å². The van der Waals surface area contributed by atoms with E-state index in [1.54, 1.807) is 49.4 Å². The second-order valence-corrected chi connectivity index (χ2v) is 11.6. The molecule has 0 bridgehead atoms. The average molecular weight is 607 g/mol. The van der Waals surface area contributed by atoms with Gasteiger partial charge in [-0.2, -0.15) is 0 Å². The highest BCUT2D eigenvalue weighted by Crippen LogP contribution is 2.26. The molecule has 0 radical (unpaired) electrons. The van der Waals surface area contributed by atoms with Gasteiger partial charge in [-0.15, -0.1) is 0 Å². The second-order valence-electron chi connectivity index (χ2n) is 8.42. The number of nitrogens with one attached hydrogen (secondary N) is 1. The minimum atomic E-state index is -4.10. The number of sulfonamides is 1. The first-order chi connectivity index (χ1) is 17.6. The third-order valence-electron chi connectivity index (χ3n) is 5.71. The molecule has 37 heavy (non-hydrogen) atoms. The van der Waals surface area contributed by atoms with Crippen LogP contribution >= 0.6 is 27.5 Å². The largest absolute Gasteiger partial charge is 0.354 e. The molecule has 0 saturated carbocycles. The zero-order valence-corrected chi connectivity index (χ0v) is 23.8. The van der Waals surface area contributed by atoms with Gasteiger partial charge in [-0.05, 0) is 67.4 Å². The summed E-state index contributed by atoms with van der Waals surface area (Å²) in [6.45, 7) is 3.68. The zero-order chi connectivity index (χ0) is 27.0. The Hall–Kier alpha value is -2.88. The van der Waals surface area contributed by atoms with Gasteiger partial charge in [0.05, 0.1) is 10.6 Å². The normalized spacial score (nSPS) is 12.0. The highest BCUT2D eigenvalue weighted by atomic mass is 79.9. The average Bonchev–Trinajstić information content (AvgIpc) is 2.90. The van der Waals surface area contributed by atoms with E-state index in [0.717, 1.165) is 20.8 Å². The Bertz CT molecular complexity index is 1300. The van der Waals surface area contributed by atoms with E-state index in [-0.39, 0.29) is 23.0 Å². The summed E-state index contributed by atoms with van der Waals surface area (Å²) in [5, 5.41) is 3.26. The number of nitrogens with zero attached hydrogens (tertiary/aromatic N) is 2. The van der Waals surface area contributed by atoms with Gasteiger partial charge < -0.3 is 10.2 Å². The maximum absolute atomic E-state index is 13.8. The maximum atomic E-state index is 13.8. The minimum absolute atomic E-state index is 0.0472. The molecule has 3 rings (SSSR count). The van der Waals surface area contributed by atoms with E-state index in [0.29, 0.717) is 11.6 Å². The zero-order valence-electron chi connectivity index (χ0n) is 20.6. The fourth-order valence-electron chi connectivity index (χ4n) is 3.62. The fourth-order valence-corrected chi connectivity index (χ4v) is 5.45. The van der Waals surface area contributed by atoms with E-state index in [1.807, 2.05) is 31.2 Å². The molecule has 0 saturated heterocycles. The first-order valence-electron chi connectivity index (χ1n) is 11.8. The van der Waals surface area contributed by atoms with Gasteiger partial charge in [-0.1, -0.05) is 64.8 Å². The topological polar surface area (TPSA) is 86.8 Å². The van der Waals surface area contributed by atoms with E-state index >= 15 is 0 Å². The molecule has 3 aromatic carbocycles. The predicted octanol–water partition coefficient (Wildman–Crippen LogP) is 5.24. The number of amides is 2. The molecule has 0 unspecified atom stereocenters. The Kier molecular flexibility index (Phi) is 10.1. The Labute approximate surface area is 231 Å². The number of hydrogen-bond acceptors (Lipinski definition) is 4. The molecule has 0 aliphatic rings. The summed E-state index contributed by atoms with van der Waals surface area (Å²) in [7, 11) is -4.10. The molecule has 0 aliphatic heterocycles. The molecular weight excluding hydrogens is 578 g/mol. The number of benzene rings is 3. The van der Waals surface area contributed by atoms with Crippen LogP contribution in [0.1, 0.15) is 25.8 Å².